The Labute approximate surface area is 196 Å². The number of anilines is 1. The van der Waals surface area contributed by atoms with Gasteiger partial charge in [-0.25, -0.2) is 13.4 Å². The molecule has 0 aliphatic heterocycles. The van der Waals surface area contributed by atoms with Crippen LogP contribution in [0.3, 0.4) is 0 Å². The molecule has 174 valence electrons. The number of rotatable bonds is 8. The van der Waals surface area contributed by atoms with Crippen molar-refractivity contribution in [3.8, 4) is 11.3 Å². The molecule has 33 heavy (non-hydrogen) atoms. The predicted molar refractivity (Wildman–Crippen MR) is 128 cm³/mol. The van der Waals surface area contributed by atoms with Crippen molar-refractivity contribution in [3.05, 3.63) is 68.6 Å². The minimum absolute atomic E-state index is 0.00654. The molecule has 1 heterocycles. The highest BCUT2D eigenvalue weighted by atomic mass is 32.2. The van der Waals surface area contributed by atoms with Crippen LogP contribution in [0.2, 0.25) is 0 Å². The van der Waals surface area contributed by atoms with E-state index in [1.807, 2.05) is 0 Å². The highest BCUT2D eigenvalue weighted by Crippen LogP contribution is 2.30. The maximum atomic E-state index is 12.9. The number of carbonyl (C=O) groups excluding carboxylic acids is 1. The lowest BCUT2D eigenvalue weighted by Gasteiger charge is -2.19. The van der Waals surface area contributed by atoms with Crippen LogP contribution in [0, 0.1) is 24.0 Å². The second-order valence-electron chi connectivity index (χ2n) is 7.32. The fourth-order valence-electron chi connectivity index (χ4n) is 3.31. The molecule has 1 N–H and O–H groups in total. The SMILES string of the molecule is CCN(CC)S(=O)(=O)c1ccc(C)c(C(=O)Nc2nc(-c3ccc(C)c([N+](=O)[O-])c3)cs2)c1. The largest absolute Gasteiger partial charge is 0.298 e. The summed E-state index contributed by atoms with van der Waals surface area (Å²) < 4.78 is 27.0. The van der Waals surface area contributed by atoms with E-state index in [4.69, 9.17) is 0 Å². The molecule has 3 aromatic rings. The van der Waals surface area contributed by atoms with Gasteiger partial charge >= 0.3 is 0 Å². The molecule has 0 atom stereocenters. The lowest BCUT2D eigenvalue weighted by atomic mass is 10.1. The number of nitrogens with one attached hydrogen (secondary N) is 1. The number of hydrogen-bond acceptors (Lipinski definition) is 7. The van der Waals surface area contributed by atoms with Crippen LogP contribution in [-0.4, -0.2) is 41.6 Å². The molecule has 0 saturated carbocycles. The molecule has 0 radical (unpaired) electrons. The fraction of sp³-hybridized carbons (Fsp3) is 0.273. The van der Waals surface area contributed by atoms with Crippen molar-refractivity contribution < 1.29 is 18.1 Å². The van der Waals surface area contributed by atoms with E-state index in [0.29, 0.717) is 40.6 Å². The maximum Gasteiger partial charge on any atom is 0.272 e. The Morgan fingerprint density at radius 1 is 1.12 bits per heavy atom. The minimum Gasteiger partial charge on any atom is -0.298 e. The first-order chi connectivity index (χ1) is 15.6. The van der Waals surface area contributed by atoms with Gasteiger partial charge in [-0.05, 0) is 31.5 Å². The summed E-state index contributed by atoms with van der Waals surface area (Å²) in [5.41, 5.74) is 2.44. The van der Waals surface area contributed by atoms with E-state index in [-0.39, 0.29) is 16.1 Å². The Bertz CT molecular complexity index is 1310. The Balaban J connectivity index is 1.87. The van der Waals surface area contributed by atoms with Crippen molar-refractivity contribution in [2.24, 2.45) is 0 Å². The standard InChI is InChI=1S/C22H24N4O5S2/c1-5-25(6-2)33(30,31)17-10-8-14(3)18(12-17)21(27)24-22-23-19(13-32-22)16-9-7-15(4)20(11-16)26(28)29/h7-13H,5-6H2,1-4H3,(H,23,24,27). The molecule has 1 amide bonds. The van der Waals surface area contributed by atoms with Gasteiger partial charge in [-0.15, -0.1) is 11.3 Å². The molecular weight excluding hydrogens is 464 g/mol. The Hall–Kier alpha value is -3.15. The monoisotopic (exact) mass is 488 g/mol. The summed E-state index contributed by atoms with van der Waals surface area (Å²) in [7, 11) is -3.71. The average Bonchev–Trinajstić information content (AvgIpc) is 3.23. The lowest BCUT2D eigenvalue weighted by Crippen LogP contribution is -2.30. The summed E-state index contributed by atoms with van der Waals surface area (Å²) in [6.07, 6.45) is 0. The molecule has 0 spiro atoms. The molecule has 11 heteroatoms. The molecule has 3 rings (SSSR count). The smallest absolute Gasteiger partial charge is 0.272 e. The Morgan fingerprint density at radius 3 is 2.42 bits per heavy atom. The molecule has 9 nitrogen and oxygen atoms in total. The molecule has 1 aromatic heterocycles. The Kier molecular flexibility index (Phi) is 7.25. The van der Waals surface area contributed by atoms with E-state index in [0.717, 1.165) is 0 Å². The first-order valence-electron chi connectivity index (χ1n) is 10.2. The first kappa shape index (κ1) is 24.5. The lowest BCUT2D eigenvalue weighted by molar-refractivity contribution is -0.385. The van der Waals surface area contributed by atoms with Gasteiger partial charge in [-0.3, -0.25) is 20.2 Å². The number of aromatic nitrogens is 1. The Morgan fingerprint density at radius 2 is 1.79 bits per heavy atom. The zero-order valence-corrected chi connectivity index (χ0v) is 20.3. The number of nitrogens with zero attached hydrogens (tertiary/aromatic N) is 3. The van der Waals surface area contributed by atoms with Crippen LogP contribution in [0.15, 0.2) is 46.7 Å². The number of thiazole rings is 1. The van der Waals surface area contributed by atoms with Gasteiger partial charge in [0.05, 0.1) is 15.5 Å². The molecule has 0 aliphatic carbocycles. The van der Waals surface area contributed by atoms with Gasteiger partial charge in [0.2, 0.25) is 10.0 Å². The van der Waals surface area contributed by atoms with E-state index < -0.39 is 20.9 Å². The summed E-state index contributed by atoms with van der Waals surface area (Å²) in [6, 6.07) is 9.29. The van der Waals surface area contributed by atoms with E-state index in [9.17, 15) is 23.3 Å². The molecule has 0 fully saturated rings. The minimum atomic E-state index is -3.71. The van der Waals surface area contributed by atoms with Gasteiger partial charge in [0.15, 0.2) is 5.13 Å². The number of amides is 1. The van der Waals surface area contributed by atoms with E-state index >= 15 is 0 Å². The van der Waals surface area contributed by atoms with Crippen LogP contribution in [0.4, 0.5) is 10.8 Å². The van der Waals surface area contributed by atoms with E-state index in [1.165, 1.54) is 33.8 Å². The highest BCUT2D eigenvalue weighted by molar-refractivity contribution is 7.89. The van der Waals surface area contributed by atoms with Crippen molar-refractivity contribution in [2.45, 2.75) is 32.6 Å². The number of hydrogen-bond donors (Lipinski definition) is 1. The van der Waals surface area contributed by atoms with Crippen LogP contribution in [0.25, 0.3) is 11.3 Å². The molecule has 0 aliphatic rings. The molecule has 0 bridgehead atoms. The van der Waals surface area contributed by atoms with Gasteiger partial charge in [0.25, 0.3) is 11.6 Å². The number of nitro groups is 1. The predicted octanol–water partition coefficient (Wildman–Crippen LogP) is 4.62. The number of nitro benzene ring substituents is 1. The molecular formula is C22H24N4O5S2. The van der Waals surface area contributed by atoms with Crippen LogP contribution in [0.1, 0.15) is 35.3 Å². The highest BCUT2D eigenvalue weighted by Gasteiger charge is 2.24. The zero-order chi connectivity index (χ0) is 24.3. The van der Waals surface area contributed by atoms with Crippen molar-refractivity contribution >= 4 is 38.1 Å². The fourth-order valence-corrected chi connectivity index (χ4v) is 5.51. The maximum absolute atomic E-state index is 12.9. The summed E-state index contributed by atoms with van der Waals surface area (Å²) in [4.78, 5) is 28.1. The van der Waals surface area contributed by atoms with Crippen molar-refractivity contribution in [1.82, 2.24) is 9.29 Å². The summed E-state index contributed by atoms with van der Waals surface area (Å²) in [5, 5.41) is 15.9. The third-order valence-corrected chi connectivity index (χ3v) is 8.03. The molecule has 0 saturated heterocycles. The van der Waals surface area contributed by atoms with Crippen molar-refractivity contribution in [3.63, 3.8) is 0 Å². The molecule has 2 aromatic carbocycles. The van der Waals surface area contributed by atoms with Crippen LogP contribution in [0.5, 0.6) is 0 Å². The quantitative estimate of drug-likeness (QED) is 0.365. The van der Waals surface area contributed by atoms with Crippen molar-refractivity contribution in [2.75, 3.05) is 18.4 Å². The van der Waals surface area contributed by atoms with Crippen LogP contribution >= 0.6 is 11.3 Å². The molecule has 0 unspecified atom stereocenters. The topological polar surface area (TPSA) is 123 Å². The third kappa shape index (κ3) is 5.10. The number of carbonyl (C=O) groups is 1. The number of sulfonamides is 1. The van der Waals surface area contributed by atoms with Gasteiger partial charge in [0.1, 0.15) is 0 Å². The van der Waals surface area contributed by atoms with E-state index in [1.54, 1.807) is 51.3 Å². The normalized spacial score (nSPS) is 11.5. The number of benzene rings is 2. The van der Waals surface area contributed by atoms with Crippen LogP contribution in [-0.2, 0) is 10.0 Å². The summed E-state index contributed by atoms with van der Waals surface area (Å²) >= 11 is 1.17. The second kappa shape index (κ2) is 9.77. The summed E-state index contributed by atoms with van der Waals surface area (Å²) in [6.45, 7) is 7.55. The van der Waals surface area contributed by atoms with Gasteiger partial charge in [0, 0.05) is 41.2 Å². The van der Waals surface area contributed by atoms with Crippen molar-refractivity contribution in [1.29, 1.82) is 0 Å². The number of aryl methyl sites for hydroxylation is 2. The summed E-state index contributed by atoms with van der Waals surface area (Å²) in [5.74, 6) is -0.486. The van der Waals surface area contributed by atoms with Gasteiger partial charge in [-0.2, -0.15) is 4.31 Å². The second-order valence-corrected chi connectivity index (χ2v) is 10.1. The van der Waals surface area contributed by atoms with Gasteiger partial charge < -0.3 is 0 Å². The van der Waals surface area contributed by atoms with Gasteiger partial charge in [-0.1, -0.05) is 32.0 Å². The van der Waals surface area contributed by atoms with Crippen LogP contribution < -0.4 is 5.32 Å². The first-order valence-corrected chi connectivity index (χ1v) is 12.5. The third-order valence-electron chi connectivity index (χ3n) is 5.22. The average molecular weight is 489 g/mol. The zero-order valence-electron chi connectivity index (χ0n) is 18.7. The van der Waals surface area contributed by atoms with E-state index in [2.05, 4.69) is 10.3 Å².